The number of nitriles is 1. The van der Waals surface area contributed by atoms with E-state index in [1.807, 2.05) is 109 Å². The number of aromatic nitrogens is 1. The monoisotopic (exact) mass is 747 g/mol. The van der Waals surface area contributed by atoms with Gasteiger partial charge in [0, 0.05) is 42.8 Å². The fourth-order valence-corrected chi connectivity index (χ4v) is 8.50. The summed E-state index contributed by atoms with van der Waals surface area (Å²) in [4.78, 5) is 22.6. The van der Waals surface area contributed by atoms with Crippen LogP contribution in [-0.4, -0.2) is 30.3 Å². The Balaban J connectivity index is 1.13. The van der Waals surface area contributed by atoms with Crippen molar-refractivity contribution in [2.24, 2.45) is 0 Å². The van der Waals surface area contributed by atoms with Crippen LogP contribution >= 0.6 is 34.0 Å². The summed E-state index contributed by atoms with van der Waals surface area (Å²) in [5.74, 6) is 6.94. The Morgan fingerprint density at radius 3 is 1.89 bits per heavy atom. The molecule has 258 valence electrons. The fourth-order valence-electron chi connectivity index (χ4n) is 5.49. The number of carbonyl (C=O) groups is 1. The molecule has 1 N–H and O–H groups in total. The number of carboxylic acids is 1. The molecule has 0 saturated heterocycles. The van der Waals surface area contributed by atoms with Gasteiger partial charge in [-0.3, -0.25) is 0 Å². The largest absolute Gasteiger partial charge is 0.497 e. The predicted octanol–water partition coefficient (Wildman–Crippen LogP) is 9.07. The summed E-state index contributed by atoms with van der Waals surface area (Å²) in [7, 11) is 3.32. The van der Waals surface area contributed by atoms with E-state index < -0.39 is 5.97 Å². The Kier molecular flexibility index (Phi) is 10.5. The highest BCUT2D eigenvalue weighted by molar-refractivity contribution is 7.22. The summed E-state index contributed by atoms with van der Waals surface area (Å²) in [6, 6.07) is 43.7. The third kappa shape index (κ3) is 7.91. The predicted molar refractivity (Wildman–Crippen MR) is 215 cm³/mol. The van der Waals surface area contributed by atoms with E-state index >= 15 is 0 Å². The van der Waals surface area contributed by atoms with Crippen molar-refractivity contribution < 1.29 is 19.4 Å². The Morgan fingerprint density at radius 2 is 1.30 bits per heavy atom. The molecule has 4 aromatic carbocycles. The molecule has 3 aromatic heterocycles. The number of methoxy groups -OCH3 is 2. The molecule has 0 aliphatic carbocycles. The third-order valence-corrected chi connectivity index (χ3v) is 11.4. The zero-order valence-corrected chi connectivity index (χ0v) is 30.9. The average Bonchev–Trinajstić information content (AvgIpc) is 3.97. The van der Waals surface area contributed by atoms with Crippen LogP contribution in [-0.2, 0) is 4.79 Å². The number of hydrogen-bond acceptors (Lipinski definition) is 9. The van der Waals surface area contributed by atoms with E-state index in [0.717, 1.165) is 63.7 Å². The number of carboxylic acid groups (broad SMARTS) is 1. The van der Waals surface area contributed by atoms with Gasteiger partial charge in [0.25, 0.3) is 0 Å². The number of hydrogen-bond donors (Lipinski definition) is 1. The summed E-state index contributed by atoms with van der Waals surface area (Å²) in [5.41, 5.74) is 5.01. The van der Waals surface area contributed by atoms with Gasteiger partial charge in [0.05, 0.1) is 29.3 Å². The molecular weight excluding hydrogens is 719 g/mol. The minimum atomic E-state index is -1.29. The molecule has 0 fully saturated rings. The van der Waals surface area contributed by atoms with Crippen molar-refractivity contribution in [3.05, 3.63) is 152 Å². The second-order valence-corrected chi connectivity index (χ2v) is 14.7. The number of anilines is 3. The fraction of sp³-hybridized carbons (Fsp3) is 0.0465. The first kappa shape index (κ1) is 35.0. The number of thiophene rings is 2. The van der Waals surface area contributed by atoms with Gasteiger partial charge in [-0.2, -0.15) is 5.26 Å². The Labute approximate surface area is 318 Å². The van der Waals surface area contributed by atoms with Crippen molar-refractivity contribution in [1.29, 1.82) is 5.26 Å². The van der Waals surface area contributed by atoms with Gasteiger partial charge in [0.1, 0.15) is 22.2 Å². The molecule has 0 amide bonds. The van der Waals surface area contributed by atoms with Gasteiger partial charge in [0.2, 0.25) is 0 Å². The normalized spacial score (nSPS) is 11.6. The van der Waals surface area contributed by atoms with E-state index in [9.17, 15) is 15.2 Å². The SMILES string of the molecule is COc1ccc(N(c2ccc(C#Cc3ccc(-c4ccc(C=c5s/c(=C(/C#N)C(=O)O)nc5-c5ccccc5)s4)s3)cc2)c2ccc(OC)cc2)cc1. The lowest BCUT2D eigenvalue weighted by Crippen LogP contribution is -2.11. The van der Waals surface area contributed by atoms with Gasteiger partial charge in [-0.25, -0.2) is 9.78 Å². The number of nitrogens with zero attached hydrogens (tertiary/aromatic N) is 3. The van der Waals surface area contributed by atoms with E-state index in [-0.39, 0.29) is 10.2 Å². The summed E-state index contributed by atoms with van der Waals surface area (Å²) in [5, 5.41) is 19.0. The molecule has 53 heavy (non-hydrogen) atoms. The molecule has 7 nitrogen and oxygen atoms in total. The summed E-state index contributed by atoms with van der Waals surface area (Å²) in [6.45, 7) is 0. The quantitative estimate of drug-likeness (QED) is 0.147. The molecule has 7 aromatic rings. The molecule has 0 unspecified atom stereocenters. The molecule has 3 heterocycles. The summed E-state index contributed by atoms with van der Waals surface area (Å²) >= 11 is 4.45. The van der Waals surface area contributed by atoms with Gasteiger partial charge in [-0.05, 0) is 103 Å². The maximum Gasteiger partial charge on any atom is 0.349 e. The Hall–Kier alpha value is -6.43. The zero-order valence-electron chi connectivity index (χ0n) is 28.4. The average molecular weight is 748 g/mol. The van der Waals surface area contributed by atoms with Crippen LogP contribution in [0.4, 0.5) is 17.1 Å². The number of aliphatic carboxylic acids is 1. The molecule has 10 heteroatoms. The highest BCUT2D eigenvalue weighted by Crippen LogP contribution is 2.37. The second-order valence-electron chi connectivity index (χ2n) is 11.4. The van der Waals surface area contributed by atoms with Crippen LogP contribution in [0.3, 0.4) is 0 Å². The molecule has 0 atom stereocenters. The van der Waals surface area contributed by atoms with Gasteiger partial charge in [-0.15, -0.1) is 34.0 Å². The number of rotatable bonds is 9. The maximum absolute atomic E-state index is 11.7. The number of ether oxygens (including phenoxy) is 2. The van der Waals surface area contributed by atoms with Gasteiger partial charge in [-0.1, -0.05) is 42.2 Å². The van der Waals surface area contributed by atoms with E-state index in [1.165, 1.54) is 11.3 Å². The van der Waals surface area contributed by atoms with E-state index in [4.69, 9.17) is 9.47 Å². The van der Waals surface area contributed by atoms with Crippen molar-refractivity contribution in [3.63, 3.8) is 0 Å². The lowest BCUT2D eigenvalue weighted by Gasteiger charge is -2.25. The summed E-state index contributed by atoms with van der Waals surface area (Å²) < 4.78 is 11.7. The molecule has 7 rings (SSSR count). The minimum absolute atomic E-state index is 0.185. The van der Waals surface area contributed by atoms with E-state index in [0.29, 0.717) is 5.69 Å². The Bertz CT molecular complexity index is 2580. The highest BCUT2D eigenvalue weighted by atomic mass is 32.1. The molecule has 0 spiro atoms. The minimum Gasteiger partial charge on any atom is -0.497 e. The second kappa shape index (κ2) is 15.9. The number of thiazole rings is 1. The molecule has 0 saturated carbocycles. The van der Waals surface area contributed by atoms with Crippen molar-refractivity contribution in [3.8, 4) is 50.4 Å². The smallest absolute Gasteiger partial charge is 0.349 e. The third-order valence-electron chi connectivity index (χ3n) is 8.11. The lowest BCUT2D eigenvalue weighted by molar-refractivity contribution is -0.130. The first-order valence-electron chi connectivity index (χ1n) is 16.2. The first-order valence-corrected chi connectivity index (χ1v) is 18.7. The molecule has 0 aliphatic rings. The van der Waals surface area contributed by atoms with Crippen LogP contribution in [0, 0.1) is 23.2 Å². The van der Waals surface area contributed by atoms with Crippen LogP contribution in [0.2, 0.25) is 0 Å². The highest BCUT2D eigenvalue weighted by Gasteiger charge is 2.15. The Morgan fingerprint density at radius 1 is 0.717 bits per heavy atom. The van der Waals surface area contributed by atoms with E-state index in [2.05, 4.69) is 46.0 Å². The van der Waals surface area contributed by atoms with Crippen LogP contribution in [0.1, 0.15) is 15.3 Å². The lowest BCUT2D eigenvalue weighted by atomic mass is 10.1. The molecule has 0 bridgehead atoms. The topological polar surface area (TPSA) is 95.7 Å². The van der Waals surface area contributed by atoms with Crippen LogP contribution < -0.4 is 23.6 Å². The van der Waals surface area contributed by atoms with Gasteiger partial charge >= 0.3 is 5.97 Å². The number of benzene rings is 4. The standard InChI is InChI=1S/C43H29N3O4S3/c1-49-33-17-13-31(14-18-33)46(32-15-19-34(50-2)20-16-32)30-11-8-28(9-12-30)10-21-35-22-24-38(51-35)39-25-23-36(52-39)26-40-41(29-6-4-3-5-7-29)45-42(53-40)37(27-44)43(47)48/h3-9,11-20,22-26H,1-2H3,(H,47,48)/b40-26?,42-37-. The van der Waals surface area contributed by atoms with Crippen molar-refractivity contribution in [1.82, 2.24) is 4.98 Å². The van der Waals surface area contributed by atoms with Gasteiger partial charge < -0.3 is 19.5 Å². The van der Waals surface area contributed by atoms with Crippen LogP contribution in [0.25, 0.3) is 32.7 Å². The van der Waals surface area contributed by atoms with Crippen molar-refractivity contribution >= 4 is 68.7 Å². The maximum atomic E-state index is 11.7. The van der Waals surface area contributed by atoms with Gasteiger partial charge in [0.15, 0.2) is 5.57 Å². The van der Waals surface area contributed by atoms with Crippen molar-refractivity contribution in [2.45, 2.75) is 0 Å². The van der Waals surface area contributed by atoms with Crippen LogP contribution in [0.15, 0.2) is 127 Å². The van der Waals surface area contributed by atoms with Crippen molar-refractivity contribution in [2.75, 3.05) is 19.1 Å². The molecular formula is C43H29N3O4S3. The zero-order chi connectivity index (χ0) is 36.7. The first-order chi connectivity index (χ1) is 25.9. The van der Waals surface area contributed by atoms with E-state index in [1.54, 1.807) is 43.0 Å². The summed E-state index contributed by atoms with van der Waals surface area (Å²) in [6.07, 6.45) is 2.00. The molecule has 0 aliphatic heterocycles. The molecule has 0 radical (unpaired) electrons. The van der Waals surface area contributed by atoms with Crippen LogP contribution in [0.5, 0.6) is 11.5 Å².